The molecule has 0 fully saturated rings. The van der Waals surface area contributed by atoms with E-state index in [2.05, 4.69) is 320 Å². The van der Waals surface area contributed by atoms with Gasteiger partial charge in [-0.1, -0.05) is 274 Å². The maximum atomic E-state index is 2.63. The molecule has 3 aliphatic rings. The monoisotopic (exact) mass is 1230 g/mol. The number of anilines is 3. The van der Waals surface area contributed by atoms with Gasteiger partial charge in [0, 0.05) is 49.8 Å². The van der Waals surface area contributed by atoms with Crippen molar-refractivity contribution < 1.29 is 0 Å². The number of rotatable bonds is 18. The van der Waals surface area contributed by atoms with Crippen LogP contribution in [-0.4, -0.2) is 4.57 Å². The molecule has 0 N–H and O–H groups in total. The number of aromatic nitrogens is 1. The van der Waals surface area contributed by atoms with Crippen LogP contribution in [0, 0.1) is 13.8 Å². The summed E-state index contributed by atoms with van der Waals surface area (Å²) in [5.41, 5.74) is 36.0. The fourth-order valence-corrected chi connectivity index (χ4v) is 17.2. The van der Waals surface area contributed by atoms with Gasteiger partial charge in [-0.25, -0.2) is 0 Å². The largest absolute Gasteiger partial charge is 0.310 e. The summed E-state index contributed by atoms with van der Waals surface area (Å²) in [5.74, 6) is 0. The third kappa shape index (κ3) is 10.2. The van der Waals surface area contributed by atoms with Gasteiger partial charge in [0.25, 0.3) is 0 Å². The standard InChI is InChI=1S/C93H86N2/c1-9-11-13-20-50-93(51-21-14-12-10-2)87-53-62(4)33-44-79(87)80-46-37-70(58-88(80)93)69-36-45-76-78-48-42-74(60-86(78)92(7,8)84(76)57-69)94(73-41-47-77-75-43-32-61(3)52-83(75)91(5,6)85(77)59-73)71-39-34-64(35-40-71)68-38-49-90-82(56-68)81-30-18-19-31-89(81)95(90)72-29-23-28-67(55-72)66-27-22-26-65(54-66)63-24-16-15-17-25-63/h15-19,22-49,52-60H,9-14,20-21,50-51H2,1-8H3. The lowest BCUT2D eigenvalue weighted by Gasteiger charge is -2.33. The molecule has 2 heteroatoms. The summed E-state index contributed by atoms with van der Waals surface area (Å²) in [6, 6.07) is 97.7. The number of hydrogen-bond acceptors (Lipinski definition) is 1. The first-order chi connectivity index (χ1) is 46.3. The fourth-order valence-electron chi connectivity index (χ4n) is 17.2. The highest BCUT2D eigenvalue weighted by molar-refractivity contribution is 6.10. The smallest absolute Gasteiger partial charge is 0.0541 e. The lowest BCUT2D eigenvalue weighted by atomic mass is 9.70. The first kappa shape index (κ1) is 60.2. The number of aryl methyl sites for hydroxylation is 2. The lowest BCUT2D eigenvalue weighted by molar-refractivity contribution is 0.401. The van der Waals surface area contributed by atoms with E-state index in [9.17, 15) is 0 Å². The van der Waals surface area contributed by atoms with Crippen molar-refractivity contribution in [1.82, 2.24) is 4.57 Å². The van der Waals surface area contributed by atoms with E-state index in [1.165, 1.54) is 197 Å². The van der Waals surface area contributed by atoms with Crippen LogP contribution in [0.4, 0.5) is 17.1 Å². The van der Waals surface area contributed by atoms with Gasteiger partial charge in [0.2, 0.25) is 0 Å². The van der Waals surface area contributed by atoms with Crippen LogP contribution in [0.3, 0.4) is 0 Å². The molecule has 0 bridgehead atoms. The Hall–Kier alpha value is -9.76. The molecule has 468 valence electrons. The second-order valence-electron chi connectivity index (χ2n) is 29.0. The number of para-hydroxylation sites is 1. The van der Waals surface area contributed by atoms with Crippen LogP contribution in [0.15, 0.2) is 255 Å². The van der Waals surface area contributed by atoms with Crippen LogP contribution in [0.25, 0.3) is 105 Å². The van der Waals surface area contributed by atoms with E-state index < -0.39 is 0 Å². The molecule has 3 aliphatic carbocycles. The molecule has 13 aromatic rings. The molecule has 12 aromatic carbocycles. The minimum atomic E-state index is -0.252. The summed E-state index contributed by atoms with van der Waals surface area (Å²) in [7, 11) is 0. The molecule has 2 nitrogen and oxygen atoms in total. The molecular weight excluding hydrogens is 1150 g/mol. The van der Waals surface area contributed by atoms with Gasteiger partial charge in [0.05, 0.1) is 11.0 Å². The van der Waals surface area contributed by atoms with E-state index in [1.807, 2.05) is 0 Å². The fraction of sp³-hybridized carbons (Fsp3) is 0.226. The zero-order valence-electron chi connectivity index (χ0n) is 56.7. The van der Waals surface area contributed by atoms with Gasteiger partial charge in [0.1, 0.15) is 0 Å². The van der Waals surface area contributed by atoms with Gasteiger partial charge < -0.3 is 9.47 Å². The SMILES string of the molecule is CCCCCCC1(CCCCCC)c2cc(C)ccc2-c2ccc(-c3ccc4c(c3)C(C)(C)c3cc(N(c5ccc(-c6ccc7c(c6)c6ccccc6n7-c6cccc(-c7cccc(-c8ccccc8)c7)c6)cc5)c5ccc6c(c5)C(C)(C)c5cc(C)ccc5-6)ccc3-4)cc21. The number of hydrogen-bond donors (Lipinski definition) is 0. The van der Waals surface area contributed by atoms with Crippen LogP contribution in [0.5, 0.6) is 0 Å². The quantitative estimate of drug-likeness (QED) is 0.0778. The first-order valence-electron chi connectivity index (χ1n) is 35.3. The van der Waals surface area contributed by atoms with Gasteiger partial charge in [-0.2, -0.15) is 0 Å². The van der Waals surface area contributed by atoms with Gasteiger partial charge in [0.15, 0.2) is 0 Å². The van der Waals surface area contributed by atoms with E-state index >= 15 is 0 Å². The third-order valence-electron chi connectivity index (χ3n) is 22.3. The molecule has 0 spiro atoms. The summed E-state index contributed by atoms with van der Waals surface area (Å²) in [4.78, 5) is 2.52. The van der Waals surface area contributed by atoms with Gasteiger partial charge in [-0.15, -0.1) is 0 Å². The highest BCUT2D eigenvalue weighted by Gasteiger charge is 2.43. The topological polar surface area (TPSA) is 8.17 Å². The van der Waals surface area contributed by atoms with Crippen molar-refractivity contribution in [1.29, 1.82) is 0 Å². The lowest BCUT2D eigenvalue weighted by Crippen LogP contribution is -2.25. The molecule has 0 unspecified atom stereocenters. The minimum absolute atomic E-state index is 0.0324. The van der Waals surface area contributed by atoms with E-state index in [0.717, 1.165) is 22.7 Å². The highest BCUT2D eigenvalue weighted by atomic mass is 15.1. The van der Waals surface area contributed by atoms with E-state index in [4.69, 9.17) is 0 Å². The second kappa shape index (κ2) is 23.9. The van der Waals surface area contributed by atoms with E-state index in [1.54, 1.807) is 11.1 Å². The molecule has 0 saturated carbocycles. The summed E-state index contributed by atoms with van der Waals surface area (Å²) in [6.45, 7) is 18.9. The number of fused-ring (bicyclic) bond motifs is 12. The van der Waals surface area contributed by atoms with E-state index in [0.29, 0.717) is 0 Å². The maximum Gasteiger partial charge on any atom is 0.0541 e. The number of unbranched alkanes of at least 4 members (excludes halogenated alkanes) is 6. The summed E-state index contributed by atoms with van der Waals surface area (Å²) in [6.07, 6.45) is 12.7. The molecule has 95 heavy (non-hydrogen) atoms. The Bertz CT molecular complexity index is 5110. The Morgan fingerprint density at radius 3 is 1.33 bits per heavy atom. The molecule has 0 radical (unpaired) electrons. The van der Waals surface area contributed by atoms with Crippen molar-refractivity contribution in [2.45, 2.75) is 136 Å². The Kier molecular flexibility index (Phi) is 15.2. The van der Waals surface area contributed by atoms with E-state index in [-0.39, 0.29) is 16.2 Å². The number of benzene rings is 12. The van der Waals surface area contributed by atoms with Gasteiger partial charge in [-0.3, -0.25) is 0 Å². The highest BCUT2D eigenvalue weighted by Crippen LogP contribution is 2.58. The summed E-state index contributed by atoms with van der Waals surface area (Å²) in [5, 5.41) is 2.48. The van der Waals surface area contributed by atoms with Gasteiger partial charge in [-0.05, 0) is 223 Å². The van der Waals surface area contributed by atoms with Crippen molar-refractivity contribution in [2.75, 3.05) is 4.90 Å². The second-order valence-corrected chi connectivity index (χ2v) is 29.0. The predicted molar refractivity (Wildman–Crippen MR) is 406 cm³/mol. The first-order valence-corrected chi connectivity index (χ1v) is 35.3. The average molecular weight is 1230 g/mol. The molecule has 0 atom stereocenters. The zero-order valence-corrected chi connectivity index (χ0v) is 56.7. The molecule has 16 rings (SSSR count). The Morgan fingerprint density at radius 1 is 0.295 bits per heavy atom. The van der Waals surface area contributed by atoms with Crippen molar-refractivity contribution in [2.24, 2.45) is 0 Å². The average Bonchev–Trinajstić information content (AvgIpc) is 1.60. The summed E-state index contributed by atoms with van der Waals surface area (Å²) < 4.78 is 2.44. The maximum absolute atomic E-state index is 2.63. The summed E-state index contributed by atoms with van der Waals surface area (Å²) >= 11 is 0. The molecule has 0 amide bonds. The number of nitrogens with zero attached hydrogens (tertiary/aromatic N) is 2. The van der Waals surface area contributed by atoms with Crippen LogP contribution in [0.1, 0.15) is 150 Å². The predicted octanol–water partition coefficient (Wildman–Crippen LogP) is 26.4. The van der Waals surface area contributed by atoms with Crippen molar-refractivity contribution in [3.05, 3.63) is 299 Å². The zero-order chi connectivity index (χ0) is 64.7. The van der Waals surface area contributed by atoms with Crippen LogP contribution in [0.2, 0.25) is 0 Å². The Balaban J connectivity index is 0.756. The molecule has 0 saturated heterocycles. The molecule has 1 heterocycles. The molecule has 0 aliphatic heterocycles. The van der Waals surface area contributed by atoms with Crippen LogP contribution >= 0.6 is 0 Å². The van der Waals surface area contributed by atoms with Crippen LogP contribution in [-0.2, 0) is 16.2 Å². The molecule has 1 aromatic heterocycles. The Morgan fingerprint density at radius 2 is 0.705 bits per heavy atom. The van der Waals surface area contributed by atoms with Crippen molar-refractivity contribution in [3.8, 4) is 83.6 Å². The Labute approximate surface area is 563 Å². The normalized spacial score (nSPS) is 14.1. The third-order valence-corrected chi connectivity index (χ3v) is 22.3. The minimum Gasteiger partial charge on any atom is -0.310 e. The van der Waals surface area contributed by atoms with Crippen LogP contribution < -0.4 is 4.90 Å². The molecular formula is C93H86N2. The van der Waals surface area contributed by atoms with Gasteiger partial charge >= 0.3 is 0 Å². The van der Waals surface area contributed by atoms with Crippen molar-refractivity contribution in [3.63, 3.8) is 0 Å². The van der Waals surface area contributed by atoms with Crippen molar-refractivity contribution >= 4 is 38.9 Å².